The molecule has 34 heavy (non-hydrogen) atoms. The van der Waals surface area contributed by atoms with Gasteiger partial charge >= 0.3 is 0 Å². The third kappa shape index (κ3) is 4.97. The average Bonchev–Trinajstić information content (AvgIpc) is 3.47. The second kappa shape index (κ2) is 10.2. The van der Waals surface area contributed by atoms with Crippen molar-refractivity contribution in [3.8, 4) is 5.75 Å². The van der Waals surface area contributed by atoms with Crippen LogP contribution >= 0.6 is 22.7 Å². The normalized spacial score (nSPS) is 15.0. The minimum atomic E-state index is -0.0890. The van der Waals surface area contributed by atoms with Gasteiger partial charge in [-0.1, -0.05) is 24.3 Å². The SMILES string of the molecule is COc1ccccc1N(C(C)=O)c1nc(CN2CCN(Cc3nc4ccccc4s3)CC2)cs1. The summed E-state index contributed by atoms with van der Waals surface area (Å²) in [6.07, 6.45) is 0. The molecule has 0 N–H and O–H groups in total. The number of hydrogen-bond acceptors (Lipinski definition) is 8. The highest BCUT2D eigenvalue weighted by Crippen LogP contribution is 2.35. The number of carbonyl (C=O) groups is 1. The van der Waals surface area contributed by atoms with Gasteiger partial charge in [0.15, 0.2) is 5.13 Å². The van der Waals surface area contributed by atoms with Crippen LogP contribution in [-0.2, 0) is 17.9 Å². The van der Waals surface area contributed by atoms with Crippen LogP contribution in [0.1, 0.15) is 17.6 Å². The van der Waals surface area contributed by atoms with Crippen molar-refractivity contribution in [1.29, 1.82) is 0 Å². The molecule has 1 fully saturated rings. The Balaban J connectivity index is 1.20. The summed E-state index contributed by atoms with van der Waals surface area (Å²) in [5, 5.41) is 3.90. The van der Waals surface area contributed by atoms with E-state index in [4.69, 9.17) is 14.7 Å². The Bertz CT molecular complexity index is 1250. The number of carbonyl (C=O) groups excluding carboxylic acids is 1. The summed E-state index contributed by atoms with van der Waals surface area (Å²) in [6.45, 7) is 7.23. The summed E-state index contributed by atoms with van der Waals surface area (Å²) in [7, 11) is 1.61. The predicted octanol–water partition coefficient (Wildman–Crippen LogP) is 4.76. The van der Waals surface area contributed by atoms with E-state index < -0.39 is 0 Å². The van der Waals surface area contributed by atoms with Crippen LogP contribution in [0.5, 0.6) is 5.75 Å². The lowest BCUT2D eigenvalue weighted by atomic mass is 10.2. The summed E-state index contributed by atoms with van der Waals surface area (Å²) in [6, 6.07) is 15.9. The van der Waals surface area contributed by atoms with Crippen LogP contribution in [0.15, 0.2) is 53.9 Å². The molecule has 0 bridgehead atoms. The largest absolute Gasteiger partial charge is 0.495 e. The quantitative estimate of drug-likeness (QED) is 0.370. The molecule has 4 aromatic rings. The fraction of sp³-hybridized carbons (Fsp3) is 0.320. The number of piperazine rings is 1. The van der Waals surface area contributed by atoms with Crippen molar-refractivity contribution in [2.24, 2.45) is 0 Å². The van der Waals surface area contributed by atoms with Gasteiger partial charge in [0.2, 0.25) is 5.91 Å². The van der Waals surface area contributed by atoms with Gasteiger partial charge in [-0.05, 0) is 24.3 Å². The monoisotopic (exact) mass is 493 g/mol. The van der Waals surface area contributed by atoms with Crippen molar-refractivity contribution < 1.29 is 9.53 Å². The lowest BCUT2D eigenvalue weighted by molar-refractivity contribution is -0.115. The number of para-hydroxylation sites is 3. The molecule has 9 heteroatoms. The molecular formula is C25H27N5O2S2. The highest BCUT2D eigenvalue weighted by atomic mass is 32.1. The molecule has 1 amide bonds. The van der Waals surface area contributed by atoms with Crippen LogP contribution in [0.4, 0.5) is 10.8 Å². The van der Waals surface area contributed by atoms with E-state index >= 15 is 0 Å². The summed E-state index contributed by atoms with van der Waals surface area (Å²) >= 11 is 3.27. The molecule has 7 nitrogen and oxygen atoms in total. The molecule has 5 rings (SSSR count). The van der Waals surface area contributed by atoms with Crippen LogP contribution in [0, 0.1) is 0 Å². The average molecular weight is 494 g/mol. The van der Waals surface area contributed by atoms with Crippen molar-refractivity contribution >= 4 is 49.6 Å². The van der Waals surface area contributed by atoms with Crippen LogP contribution in [0.3, 0.4) is 0 Å². The Morgan fingerprint density at radius 2 is 1.71 bits per heavy atom. The summed E-state index contributed by atoms with van der Waals surface area (Å²) in [5.41, 5.74) is 2.79. The molecule has 3 heterocycles. The maximum Gasteiger partial charge on any atom is 0.230 e. The molecule has 1 aliphatic heterocycles. The van der Waals surface area contributed by atoms with Gasteiger partial charge in [-0.2, -0.15) is 0 Å². The Morgan fingerprint density at radius 1 is 1.00 bits per heavy atom. The van der Waals surface area contributed by atoms with Gasteiger partial charge in [0.1, 0.15) is 10.8 Å². The van der Waals surface area contributed by atoms with E-state index in [1.165, 1.54) is 21.0 Å². The van der Waals surface area contributed by atoms with E-state index in [1.54, 1.807) is 30.3 Å². The van der Waals surface area contributed by atoms with Crippen LogP contribution < -0.4 is 9.64 Å². The molecule has 0 saturated carbocycles. The number of amides is 1. The van der Waals surface area contributed by atoms with Gasteiger partial charge in [-0.25, -0.2) is 9.97 Å². The molecule has 0 aliphatic carbocycles. The van der Waals surface area contributed by atoms with Gasteiger partial charge in [0.05, 0.1) is 35.3 Å². The molecule has 176 valence electrons. The minimum Gasteiger partial charge on any atom is -0.495 e. The van der Waals surface area contributed by atoms with Gasteiger partial charge in [-0.3, -0.25) is 19.5 Å². The van der Waals surface area contributed by atoms with E-state index in [0.717, 1.165) is 50.5 Å². The third-order valence-corrected chi connectivity index (χ3v) is 7.82. The molecule has 2 aromatic carbocycles. The van der Waals surface area contributed by atoms with Crippen molar-refractivity contribution in [3.63, 3.8) is 0 Å². The zero-order valence-corrected chi connectivity index (χ0v) is 20.9. The zero-order valence-electron chi connectivity index (χ0n) is 19.3. The molecule has 0 radical (unpaired) electrons. The van der Waals surface area contributed by atoms with E-state index in [9.17, 15) is 4.79 Å². The highest BCUT2D eigenvalue weighted by Gasteiger charge is 2.23. The number of hydrogen-bond donors (Lipinski definition) is 0. The van der Waals surface area contributed by atoms with E-state index in [1.807, 2.05) is 35.7 Å². The van der Waals surface area contributed by atoms with Crippen LogP contribution in [0.2, 0.25) is 0 Å². The molecule has 0 spiro atoms. The van der Waals surface area contributed by atoms with Gasteiger partial charge in [0.25, 0.3) is 0 Å². The minimum absolute atomic E-state index is 0.0890. The second-order valence-corrected chi connectivity index (χ2v) is 10.2. The van der Waals surface area contributed by atoms with Crippen molar-refractivity contribution in [1.82, 2.24) is 19.8 Å². The van der Waals surface area contributed by atoms with Gasteiger partial charge in [0, 0.05) is 45.0 Å². The Labute approximate surface area is 207 Å². The van der Waals surface area contributed by atoms with E-state index in [2.05, 4.69) is 28.0 Å². The number of rotatable bonds is 7. The van der Waals surface area contributed by atoms with Crippen molar-refractivity contribution in [3.05, 3.63) is 64.6 Å². The first-order valence-electron chi connectivity index (χ1n) is 11.3. The maximum absolute atomic E-state index is 12.5. The first kappa shape index (κ1) is 22.9. The van der Waals surface area contributed by atoms with Gasteiger partial charge < -0.3 is 4.74 Å². The number of thiazole rings is 2. The fourth-order valence-electron chi connectivity index (χ4n) is 4.21. The van der Waals surface area contributed by atoms with Crippen molar-refractivity contribution in [2.75, 3.05) is 38.2 Å². The zero-order chi connectivity index (χ0) is 23.5. The van der Waals surface area contributed by atoms with Crippen LogP contribution in [-0.4, -0.2) is 59.0 Å². The van der Waals surface area contributed by atoms with E-state index in [-0.39, 0.29) is 5.91 Å². The van der Waals surface area contributed by atoms with E-state index in [0.29, 0.717) is 16.6 Å². The molecule has 2 aromatic heterocycles. The Morgan fingerprint density at radius 3 is 2.44 bits per heavy atom. The summed E-state index contributed by atoms with van der Waals surface area (Å²) < 4.78 is 6.72. The second-order valence-electron chi connectivity index (χ2n) is 8.28. The third-order valence-electron chi connectivity index (χ3n) is 5.92. The maximum atomic E-state index is 12.5. The molecule has 0 atom stereocenters. The number of aromatic nitrogens is 2. The highest BCUT2D eigenvalue weighted by molar-refractivity contribution is 7.18. The Hall–Kier alpha value is -2.85. The molecule has 0 unspecified atom stereocenters. The number of ether oxygens (including phenoxy) is 1. The standard InChI is InChI=1S/C25H27N5O2S2/c1-18(31)30(21-8-4-5-9-22(21)32-2)25-26-19(17-33-25)15-28-11-13-29(14-12-28)16-24-27-20-7-3-6-10-23(20)34-24/h3-10,17H,11-16H2,1-2H3. The number of nitrogens with zero attached hydrogens (tertiary/aromatic N) is 5. The van der Waals surface area contributed by atoms with Gasteiger partial charge in [-0.15, -0.1) is 22.7 Å². The summed E-state index contributed by atoms with van der Waals surface area (Å²) in [4.78, 5) is 28.6. The lowest BCUT2D eigenvalue weighted by Gasteiger charge is -2.33. The van der Waals surface area contributed by atoms with Crippen LogP contribution in [0.25, 0.3) is 10.2 Å². The summed E-state index contributed by atoms with van der Waals surface area (Å²) in [5.74, 6) is 0.563. The molecular weight excluding hydrogens is 466 g/mol. The topological polar surface area (TPSA) is 61.8 Å². The first-order valence-corrected chi connectivity index (χ1v) is 13.0. The molecule has 1 aliphatic rings. The number of benzene rings is 2. The smallest absolute Gasteiger partial charge is 0.230 e. The predicted molar refractivity (Wildman–Crippen MR) is 138 cm³/mol. The lowest BCUT2D eigenvalue weighted by Crippen LogP contribution is -2.45. The number of fused-ring (bicyclic) bond motifs is 1. The fourth-order valence-corrected chi connectivity index (χ4v) is 6.09. The number of anilines is 2. The molecule has 1 saturated heterocycles. The first-order chi connectivity index (χ1) is 16.6. The Kier molecular flexibility index (Phi) is 6.87. The number of methoxy groups -OCH3 is 1. The van der Waals surface area contributed by atoms with Crippen molar-refractivity contribution in [2.45, 2.75) is 20.0 Å².